The number of nitrogens with one attached hydrogen (secondary N) is 1. The molecule has 1 aromatic rings. The van der Waals surface area contributed by atoms with Crippen molar-refractivity contribution in [2.24, 2.45) is 0 Å². The quantitative estimate of drug-likeness (QED) is 0.767. The predicted molar refractivity (Wildman–Crippen MR) is 67.9 cm³/mol. The standard InChI is InChI=1S/C13H20N2O/c1-2-16-11-7-8-12(14)13(9-11)15-10-5-3-4-6-10/h7-10,15H,2-6,14H2,1H3. The number of nitrogens with two attached hydrogens (primary N) is 1. The number of hydrogen-bond acceptors (Lipinski definition) is 3. The minimum Gasteiger partial charge on any atom is -0.494 e. The SMILES string of the molecule is CCOc1ccc(N)c(NC2CCCC2)c1. The van der Waals surface area contributed by atoms with Crippen molar-refractivity contribution < 1.29 is 4.74 Å². The van der Waals surface area contributed by atoms with Gasteiger partial charge in [0.15, 0.2) is 0 Å². The summed E-state index contributed by atoms with van der Waals surface area (Å²) in [5, 5.41) is 3.50. The van der Waals surface area contributed by atoms with E-state index in [1.54, 1.807) is 0 Å². The Morgan fingerprint density at radius 3 is 2.81 bits per heavy atom. The van der Waals surface area contributed by atoms with Crippen LogP contribution in [0.5, 0.6) is 5.75 Å². The molecule has 1 fully saturated rings. The Balaban J connectivity index is 2.08. The average Bonchev–Trinajstić information content (AvgIpc) is 2.76. The van der Waals surface area contributed by atoms with Gasteiger partial charge in [0.2, 0.25) is 0 Å². The largest absolute Gasteiger partial charge is 0.494 e. The van der Waals surface area contributed by atoms with Crippen molar-refractivity contribution in [2.75, 3.05) is 17.7 Å². The van der Waals surface area contributed by atoms with Crippen LogP contribution in [0.3, 0.4) is 0 Å². The molecule has 3 nitrogen and oxygen atoms in total. The van der Waals surface area contributed by atoms with E-state index < -0.39 is 0 Å². The van der Waals surface area contributed by atoms with E-state index in [-0.39, 0.29) is 0 Å². The van der Waals surface area contributed by atoms with Crippen molar-refractivity contribution in [1.82, 2.24) is 0 Å². The summed E-state index contributed by atoms with van der Waals surface area (Å²) in [5.41, 5.74) is 7.76. The molecular formula is C13H20N2O. The second kappa shape index (κ2) is 5.10. The first kappa shape index (κ1) is 11.1. The first-order valence-corrected chi connectivity index (χ1v) is 6.08. The predicted octanol–water partition coefficient (Wildman–Crippen LogP) is 3.02. The Morgan fingerprint density at radius 2 is 2.12 bits per heavy atom. The maximum Gasteiger partial charge on any atom is 0.121 e. The first-order chi connectivity index (χ1) is 7.79. The van der Waals surface area contributed by atoms with Gasteiger partial charge in [-0.05, 0) is 31.9 Å². The molecule has 1 aliphatic carbocycles. The zero-order valence-corrected chi connectivity index (χ0v) is 9.83. The highest BCUT2D eigenvalue weighted by Crippen LogP contribution is 2.28. The van der Waals surface area contributed by atoms with E-state index in [1.807, 2.05) is 25.1 Å². The molecule has 1 aliphatic rings. The number of ether oxygens (including phenoxy) is 1. The van der Waals surface area contributed by atoms with Crippen LogP contribution in [0.1, 0.15) is 32.6 Å². The van der Waals surface area contributed by atoms with Gasteiger partial charge < -0.3 is 15.8 Å². The van der Waals surface area contributed by atoms with E-state index in [1.165, 1.54) is 25.7 Å². The highest BCUT2D eigenvalue weighted by Gasteiger charge is 2.15. The molecule has 1 saturated carbocycles. The molecular weight excluding hydrogens is 200 g/mol. The third kappa shape index (κ3) is 2.60. The van der Waals surface area contributed by atoms with Crippen molar-refractivity contribution >= 4 is 11.4 Å². The zero-order chi connectivity index (χ0) is 11.4. The van der Waals surface area contributed by atoms with Crippen molar-refractivity contribution in [3.8, 4) is 5.75 Å². The van der Waals surface area contributed by atoms with Gasteiger partial charge in [0.05, 0.1) is 18.0 Å². The van der Waals surface area contributed by atoms with Gasteiger partial charge in [-0.15, -0.1) is 0 Å². The van der Waals surface area contributed by atoms with Crippen LogP contribution in [0.15, 0.2) is 18.2 Å². The summed E-state index contributed by atoms with van der Waals surface area (Å²) < 4.78 is 5.47. The van der Waals surface area contributed by atoms with E-state index >= 15 is 0 Å². The van der Waals surface area contributed by atoms with Gasteiger partial charge in [0.25, 0.3) is 0 Å². The second-order valence-electron chi connectivity index (χ2n) is 4.31. The number of hydrogen-bond donors (Lipinski definition) is 2. The maximum atomic E-state index is 5.95. The fourth-order valence-electron chi connectivity index (χ4n) is 2.21. The van der Waals surface area contributed by atoms with Crippen LogP contribution in [-0.4, -0.2) is 12.6 Å². The topological polar surface area (TPSA) is 47.3 Å². The second-order valence-corrected chi connectivity index (χ2v) is 4.31. The smallest absolute Gasteiger partial charge is 0.121 e. The van der Waals surface area contributed by atoms with Gasteiger partial charge >= 0.3 is 0 Å². The summed E-state index contributed by atoms with van der Waals surface area (Å²) in [4.78, 5) is 0. The molecule has 0 spiro atoms. The van der Waals surface area contributed by atoms with E-state index in [0.29, 0.717) is 12.6 Å². The Morgan fingerprint density at radius 1 is 1.38 bits per heavy atom. The lowest BCUT2D eigenvalue weighted by Crippen LogP contribution is -2.15. The molecule has 0 atom stereocenters. The molecule has 0 amide bonds. The highest BCUT2D eigenvalue weighted by molar-refractivity contribution is 5.68. The fourth-order valence-corrected chi connectivity index (χ4v) is 2.21. The number of anilines is 2. The molecule has 1 aromatic carbocycles. The van der Waals surface area contributed by atoms with Crippen LogP contribution < -0.4 is 15.8 Å². The van der Waals surface area contributed by atoms with Crippen molar-refractivity contribution in [2.45, 2.75) is 38.6 Å². The molecule has 0 radical (unpaired) electrons. The molecule has 0 unspecified atom stereocenters. The summed E-state index contributed by atoms with van der Waals surface area (Å²) in [5.74, 6) is 0.886. The molecule has 3 heteroatoms. The van der Waals surface area contributed by atoms with Gasteiger partial charge in [-0.1, -0.05) is 12.8 Å². The third-order valence-corrected chi connectivity index (χ3v) is 3.05. The maximum absolute atomic E-state index is 5.95. The Bertz CT molecular complexity index is 346. The van der Waals surface area contributed by atoms with Gasteiger partial charge in [-0.25, -0.2) is 0 Å². The zero-order valence-electron chi connectivity index (χ0n) is 9.83. The van der Waals surface area contributed by atoms with Gasteiger partial charge in [0, 0.05) is 12.1 Å². The lowest BCUT2D eigenvalue weighted by molar-refractivity contribution is 0.340. The molecule has 0 aliphatic heterocycles. The summed E-state index contributed by atoms with van der Waals surface area (Å²) >= 11 is 0. The fraction of sp³-hybridized carbons (Fsp3) is 0.538. The lowest BCUT2D eigenvalue weighted by atomic mass is 10.2. The molecule has 2 rings (SSSR count). The molecule has 0 aromatic heterocycles. The molecule has 0 saturated heterocycles. The van der Waals surface area contributed by atoms with Crippen molar-refractivity contribution in [1.29, 1.82) is 0 Å². The molecule has 88 valence electrons. The molecule has 3 N–H and O–H groups in total. The van der Waals surface area contributed by atoms with Crippen LogP contribution in [0.25, 0.3) is 0 Å². The van der Waals surface area contributed by atoms with Gasteiger partial charge in [-0.3, -0.25) is 0 Å². The Hall–Kier alpha value is -1.38. The monoisotopic (exact) mass is 220 g/mol. The van der Waals surface area contributed by atoms with Crippen LogP contribution in [-0.2, 0) is 0 Å². The van der Waals surface area contributed by atoms with E-state index in [9.17, 15) is 0 Å². The van der Waals surface area contributed by atoms with Crippen LogP contribution in [0.4, 0.5) is 11.4 Å². The summed E-state index contributed by atoms with van der Waals surface area (Å²) in [6.45, 7) is 2.67. The Kier molecular flexibility index (Phi) is 3.54. The molecule has 0 bridgehead atoms. The first-order valence-electron chi connectivity index (χ1n) is 6.08. The summed E-state index contributed by atoms with van der Waals surface area (Å²) in [6, 6.07) is 6.40. The minimum atomic E-state index is 0.583. The molecule has 0 heterocycles. The number of benzene rings is 1. The van der Waals surface area contributed by atoms with Crippen molar-refractivity contribution in [3.05, 3.63) is 18.2 Å². The van der Waals surface area contributed by atoms with E-state index in [2.05, 4.69) is 5.32 Å². The van der Waals surface area contributed by atoms with Gasteiger partial charge in [-0.2, -0.15) is 0 Å². The highest BCUT2D eigenvalue weighted by atomic mass is 16.5. The average molecular weight is 220 g/mol. The molecule has 16 heavy (non-hydrogen) atoms. The summed E-state index contributed by atoms with van der Waals surface area (Å²) in [7, 11) is 0. The normalized spacial score (nSPS) is 16.3. The lowest BCUT2D eigenvalue weighted by Gasteiger charge is -2.16. The van der Waals surface area contributed by atoms with Gasteiger partial charge in [0.1, 0.15) is 5.75 Å². The van der Waals surface area contributed by atoms with Crippen LogP contribution in [0, 0.1) is 0 Å². The minimum absolute atomic E-state index is 0.583. The summed E-state index contributed by atoms with van der Waals surface area (Å²) in [6.07, 6.45) is 5.14. The Labute approximate surface area is 97.0 Å². The van der Waals surface area contributed by atoms with Crippen LogP contribution in [0.2, 0.25) is 0 Å². The van der Waals surface area contributed by atoms with E-state index in [0.717, 1.165) is 17.1 Å². The number of rotatable bonds is 4. The van der Waals surface area contributed by atoms with Crippen molar-refractivity contribution in [3.63, 3.8) is 0 Å². The number of nitrogen functional groups attached to an aromatic ring is 1. The third-order valence-electron chi connectivity index (χ3n) is 3.05. The van der Waals surface area contributed by atoms with E-state index in [4.69, 9.17) is 10.5 Å². The van der Waals surface area contributed by atoms with Crippen LogP contribution >= 0.6 is 0 Å².